The van der Waals surface area contributed by atoms with Gasteiger partial charge in [0.1, 0.15) is 6.04 Å². The highest BCUT2D eigenvalue weighted by Gasteiger charge is 2.27. The number of nitrogens with two attached hydrogens (primary N) is 2. The van der Waals surface area contributed by atoms with Gasteiger partial charge in [-0.25, -0.2) is 13.6 Å². The Bertz CT molecular complexity index is 1310. The number of carbonyl (C=O) groups is 2. The van der Waals surface area contributed by atoms with Crippen molar-refractivity contribution < 1.29 is 18.0 Å². The summed E-state index contributed by atoms with van der Waals surface area (Å²) in [6.45, 7) is 0.564. The number of guanidine groups is 1. The first kappa shape index (κ1) is 29.3. The molecular weight excluding hydrogens is 516 g/mol. The minimum atomic E-state index is -3.64. The van der Waals surface area contributed by atoms with E-state index in [0.717, 1.165) is 16.7 Å². The highest BCUT2D eigenvalue weighted by Crippen LogP contribution is 2.25. The van der Waals surface area contributed by atoms with Crippen LogP contribution in [0.4, 0.5) is 0 Å². The van der Waals surface area contributed by atoms with Crippen LogP contribution in [0.2, 0.25) is 0 Å². The molecule has 3 aromatic rings. The molecule has 0 aliphatic rings. The van der Waals surface area contributed by atoms with Crippen LogP contribution in [-0.2, 0) is 31.9 Å². The molecular formula is C28H34N6O4S. The summed E-state index contributed by atoms with van der Waals surface area (Å²) in [6.07, 6.45) is 0.809. The number of sulfonamides is 1. The van der Waals surface area contributed by atoms with E-state index in [0.29, 0.717) is 24.9 Å². The van der Waals surface area contributed by atoms with E-state index in [-0.39, 0.29) is 30.1 Å². The third kappa shape index (κ3) is 9.87. The van der Waals surface area contributed by atoms with Gasteiger partial charge in [0, 0.05) is 13.1 Å². The zero-order valence-electron chi connectivity index (χ0n) is 21.5. The Morgan fingerprint density at radius 3 is 1.85 bits per heavy atom. The average molecular weight is 551 g/mol. The minimum absolute atomic E-state index is 0.167. The van der Waals surface area contributed by atoms with Crippen LogP contribution in [0.5, 0.6) is 0 Å². The van der Waals surface area contributed by atoms with Crippen molar-refractivity contribution in [1.82, 2.24) is 16.0 Å². The fourth-order valence-electron chi connectivity index (χ4n) is 4.14. The molecule has 0 aromatic heterocycles. The third-order valence-corrected chi connectivity index (χ3v) is 6.74. The average Bonchev–Trinajstić information content (AvgIpc) is 2.90. The maximum absolute atomic E-state index is 13.6. The van der Waals surface area contributed by atoms with E-state index in [1.807, 2.05) is 60.7 Å². The molecule has 3 aromatic carbocycles. The molecule has 0 unspecified atom stereocenters. The topological polar surface area (TPSA) is 180 Å². The van der Waals surface area contributed by atoms with Crippen molar-refractivity contribution in [1.29, 1.82) is 5.41 Å². The fraction of sp³-hybridized carbons (Fsp3) is 0.250. The van der Waals surface area contributed by atoms with E-state index in [1.54, 1.807) is 24.3 Å². The van der Waals surface area contributed by atoms with Crippen molar-refractivity contribution in [3.05, 3.63) is 107 Å². The molecule has 0 spiro atoms. The van der Waals surface area contributed by atoms with Crippen LogP contribution < -0.4 is 26.8 Å². The van der Waals surface area contributed by atoms with Crippen LogP contribution in [0.25, 0.3) is 0 Å². The van der Waals surface area contributed by atoms with Crippen molar-refractivity contribution in [2.24, 2.45) is 10.9 Å². The number of carbonyl (C=O) groups excluding carboxylic acids is 2. The van der Waals surface area contributed by atoms with Crippen molar-refractivity contribution in [3.8, 4) is 0 Å². The van der Waals surface area contributed by atoms with E-state index in [1.165, 1.54) is 0 Å². The largest absolute Gasteiger partial charge is 0.370 e. The van der Waals surface area contributed by atoms with Crippen LogP contribution in [0, 0.1) is 5.41 Å². The molecule has 0 saturated heterocycles. The first-order valence-electron chi connectivity index (χ1n) is 12.5. The summed E-state index contributed by atoms with van der Waals surface area (Å²) < 4.78 is 22.6. The fourth-order valence-corrected chi connectivity index (χ4v) is 4.79. The molecule has 2 amide bonds. The Morgan fingerprint density at radius 1 is 0.795 bits per heavy atom. The molecule has 8 N–H and O–H groups in total. The second-order valence-corrected chi connectivity index (χ2v) is 10.8. The van der Waals surface area contributed by atoms with Gasteiger partial charge in [-0.15, -0.1) is 0 Å². The second-order valence-electron chi connectivity index (χ2n) is 9.14. The van der Waals surface area contributed by atoms with Gasteiger partial charge in [-0.1, -0.05) is 84.9 Å². The second kappa shape index (κ2) is 14.1. The maximum Gasteiger partial charge on any atom is 0.242 e. The normalized spacial score (nSPS) is 11.9. The maximum atomic E-state index is 13.6. The minimum Gasteiger partial charge on any atom is -0.370 e. The van der Waals surface area contributed by atoms with Crippen LogP contribution >= 0.6 is 0 Å². The molecule has 1 atom stereocenters. The molecule has 0 fully saturated rings. The molecule has 0 aliphatic carbocycles. The van der Waals surface area contributed by atoms with Gasteiger partial charge in [0.2, 0.25) is 21.8 Å². The number of nitrogens with one attached hydrogen (secondary N) is 4. The SMILES string of the molecule is N=C(N)NCCC[C@@H](NC(=O)C(c1ccccc1)c1ccccc1)C(=O)NCc1ccc(CS(N)(=O)=O)cc1. The lowest BCUT2D eigenvalue weighted by Crippen LogP contribution is -2.48. The summed E-state index contributed by atoms with van der Waals surface area (Å²) in [5.74, 6) is -1.71. The molecule has 11 heteroatoms. The molecule has 0 radical (unpaired) electrons. The van der Waals surface area contributed by atoms with Crippen molar-refractivity contribution in [3.63, 3.8) is 0 Å². The van der Waals surface area contributed by atoms with Crippen molar-refractivity contribution in [2.75, 3.05) is 6.54 Å². The van der Waals surface area contributed by atoms with Gasteiger partial charge in [-0.05, 0) is 35.1 Å². The zero-order valence-corrected chi connectivity index (χ0v) is 22.3. The highest BCUT2D eigenvalue weighted by molar-refractivity contribution is 7.88. The Morgan fingerprint density at radius 2 is 1.33 bits per heavy atom. The van der Waals surface area contributed by atoms with Gasteiger partial charge < -0.3 is 21.7 Å². The quantitative estimate of drug-likeness (QED) is 0.107. The van der Waals surface area contributed by atoms with E-state index >= 15 is 0 Å². The van der Waals surface area contributed by atoms with E-state index in [2.05, 4.69) is 16.0 Å². The summed E-state index contributed by atoms with van der Waals surface area (Å²) in [5.41, 5.74) is 8.27. The number of amides is 2. The van der Waals surface area contributed by atoms with Crippen LogP contribution in [-0.4, -0.2) is 38.8 Å². The Labute approximate surface area is 228 Å². The van der Waals surface area contributed by atoms with Crippen molar-refractivity contribution >= 4 is 27.8 Å². The first-order chi connectivity index (χ1) is 18.6. The lowest BCUT2D eigenvalue weighted by molar-refractivity contribution is -0.129. The summed E-state index contributed by atoms with van der Waals surface area (Å²) in [7, 11) is -3.64. The molecule has 206 valence electrons. The molecule has 0 aliphatic heterocycles. The monoisotopic (exact) mass is 550 g/mol. The summed E-state index contributed by atoms with van der Waals surface area (Å²) in [4.78, 5) is 26.8. The lowest BCUT2D eigenvalue weighted by atomic mass is 9.90. The van der Waals surface area contributed by atoms with E-state index in [4.69, 9.17) is 16.3 Å². The van der Waals surface area contributed by atoms with Gasteiger partial charge in [0.15, 0.2) is 5.96 Å². The summed E-state index contributed by atoms with van der Waals surface area (Å²) in [6, 6.07) is 24.6. The van der Waals surface area contributed by atoms with Crippen LogP contribution in [0.15, 0.2) is 84.9 Å². The number of rotatable bonds is 13. The predicted octanol–water partition coefficient (Wildman–Crippen LogP) is 1.67. The third-order valence-electron chi connectivity index (χ3n) is 6.00. The Kier molecular flexibility index (Phi) is 10.6. The molecule has 0 saturated carbocycles. The molecule has 0 heterocycles. The molecule has 3 rings (SSSR count). The highest BCUT2D eigenvalue weighted by atomic mass is 32.2. The summed E-state index contributed by atoms with van der Waals surface area (Å²) >= 11 is 0. The van der Waals surface area contributed by atoms with E-state index < -0.39 is 22.0 Å². The Balaban J connectivity index is 1.73. The van der Waals surface area contributed by atoms with Gasteiger partial charge in [-0.3, -0.25) is 15.0 Å². The lowest BCUT2D eigenvalue weighted by Gasteiger charge is -2.23. The molecule has 39 heavy (non-hydrogen) atoms. The van der Waals surface area contributed by atoms with Gasteiger partial charge in [-0.2, -0.15) is 0 Å². The van der Waals surface area contributed by atoms with Crippen LogP contribution in [0.3, 0.4) is 0 Å². The number of hydrogen-bond acceptors (Lipinski definition) is 5. The van der Waals surface area contributed by atoms with E-state index in [9.17, 15) is 18.0 Å². The molecule has 0 bridgehead atoms. The zero-order chi connectivity index (χ0) is 28.3. The number of hydrogen-bond donors (Lipinski definition) is 6. The smallest absolute Gasteiger partial charge is 0.242 e. The van der Waals surface area contributed by atoms with Crippen LogP contribution in [0.1, 0.15) is 41.0 Å². The number of primary sulfonamides is 1. The Hall–Kier alpha value is -4.22. The number of benzene rings is 3. The standard InChI is InChI=1S/C28H34N6O4S/c29-28(30)32-17-7-12-24(26(35)33-18-20-13-15-21(16-14-20)19-39(31,37)38)34-27(36)25(22-8-3-1-4-9-22)23-10-5-2-6-11-23/h1-6,8-11,13-16,24-25H,7,12,17-19H2,(H,33,35)(H,34,36)(H4,29,30,32)(H2,31,37,38)/t24-/m1/s1. The molecule has 10 nitrogen and oxygen atoms in total. The van der Waals surface area contributed by atoms with Gasteiger partial charge in [0.25, 0.3) is 0 Å². The predicted molar refractivity (Wildman–Crippen MR) is 151 cm³/mol. The summed E-state index contributed by atoms with van der Waals surface area (Å²) in [5, 5.41) is 20.9. The van der Waals surface area contributed by atoms with Crippen molar-refractivity contribution in [2.45, 2.75) is 37.1 Å². The first-order valence-corrected chi connectivity index (χ1v) is 14.2. The van der Waals surface area contributed by atoms with Gasteiger partial charge >= 0.3 is 0 Å². The van der Waals surface area contributed by atoms with Gasteiger partial charge in [0.05, 0.1) is 11.7 Å².